The second-order valence-corrected chi connectivity index (χ2v) is 10.6. The summed E-state index contributed by atoms with van der Waals surface area (Å²) in [6.07, 6.45) is 1.35. The summed E-state index contributed by atoms with van der Waals surface area (Å²) in [5.74, 6) is 0.771. The van der Waals surface area contributed by atoms with Gasteiger partial charge in [-0.2, -0.15) is 0 Å². The van der Waals surface area contributed by atoms with Crippen LogP contribution in [0.1, 0.15) is 21.8 Å². The average Bonchev–Trinajstić information content (AvgIpc) is 3.48. The number of aromatic nitrogens is 3. The molecule has 0 amide bonds. The Hall–Kier alpha value is -4.77. The van der Waals surface area contributed by atoms with Gasteiger partial charge < -0.3 is 19.3 Å². The second kappa shape index (κ2) is 10.9. The highest BCUT2D eigenvalue weighted by Crippen LogP contribution is 2.30. The largest absolute Gasteiger partial charge is 0.497 e. The van der Waals surface area contributed by atoms with Crippen molar-refractivity contribution in [2.45, 2.75) is 17.1 Å². The lowest BCUT2D eigenvalue weighted by Crippen LogP contribution is -2.11. The van der Waals surface area contributed by atoms with Crippen LogP contribution >= 0.6 is 0 Å². The Bertz CT molecular complexity index is 1730. The Morgan fingerprint density at radius 2 is 1.62 bits per heavy atom. The highest BCUT2D eigenvalue weighted by Gasteiger charge is 2.22. The van der Waals surface area contributed by atoms with E-state index in [1.807, 2.05) is 12.1 Å². The Kier molecular flexibility index (Phi) is 7.24. The maximum atomic E-state index is 13.6. The Labute approximate surface area is 224 Å². The molecule has 0 fully saturated rings. The number of carbonyl (C=O) groups excluding carboxylic acids is 1. The first kappa shape index (κ1) is 25.9. The van der Waals surface area contributed by atoms with Crippen LogP contribution in [0.25, 0.3) is 11.0 Å². The first-order valence-electron chi connectivity index (χ1n) is 11.9. The van der Waals surface area contributed by atoms with Crippen LogP contribution in [-0.4, -0.2) is 43.5 Å². The Balaban J connectivity index is 1.49. The third-order valence-electron chi connectivity index (χ3n) is 5.92. The molecular weight excluding hydrogens is 520 g/mol. The van der Waals surface area contributed by atoms with Gasteiger partial charge in [-0.05, 0) is 29.8 Å². The number of fused-ring (bicyclic) bond motifs is 1. The van der Waals surface area contributed by atoms with Crippen LogP contribution < -0.4 is 14.8 Å². The van der Waals surface area contributed by atoms with Gasteiger partial charge in [0.1, 0.15) is 17.3 Å². The highest BCUT2D eigenvalue weighted by molar-refractivity contribution is 7.90. The molecule has 0 unspecified atom stereocenters. The van der Waals surface area contributed by atoms with Gasteiger partial charge in [0.05, 0.1) is 42.0 Å². The summed E-state index contributed by atoms with van der Waals surface area (Å²) >= 11 is 0. The van der Waals surface area contributed by atoms with Crippen molar-refractivity contribution >= 4 is 38.2 Å². The van der Waals surface area contributed by atoms with Crippen molar-refractivity contribution in [3.05, 3.63) is 96.0 Å². The molecule has 5 rings (SSSR count). The molecule has 1 N–H and O–H groups in total. The van der Waals surface area contributed by atoms with E-state index in [0.29, 0.717) is 33.8 Å². The zero-order chi connectivity index (χ0) is 27.4. The van der Waals surface area contributed by atoms with E-state index in [0.717, 1.165) is 0 Å². The molecule has 0 aliphatic heterocycles. The Morgan fingerprint density at radius 3 is 2.28 bits per heavy atom. The van der Waals surface area contributed by atoms with Crippen molar-refractivity contribution in [1.82, 2.24) is 15.1 Å². The summed E-state index contributed by atoms with van der Waals surface area (Å²) in [7, 11) is -0.791. The monoisotopic (exact) mass is 544 g/mol. The molecule has 0 aliphatic carbocycles. The quantitative estimate of drug-likeness (QED) is 0.245. The maximum absolute atomic E-state index is 13.6. The zero-order valence-corrected chi connectivity index (χ0v) is 21.9. The number of para-hydroxylation sites is 2. The van der Waals surface area contributed by atoms with Crippen molar-refractivity contribution in [1.29, 1.82) is 0 Å². The van der Waals surface area contributed by atoms with Gasteiger partial charge in [0, 0.05) is 36.4 Å². The molecular formula is C28H24N4O6S. The van der Waals surface area contributed by atoms with E-state index < -0.39 is 15.6 Å². The van der Waals surface area contributed by atoms with Gasteiger partial charge in [0.2, 0.25) is 11.5 Å². The van der Waals surface area contributed by atoms with Gasteiger partial charge >= 0.3 is 0 Å². The third kappa shape index (κ3) is 5.88. The molecule has 0 radical (unpaired) electrons. The predicted molar refractivity (Wildman–Crippen MR) is 144 cm³/mol. The van der Waals surface area contributed by atoms with E-state index in [-0.39, 0.29) is 34.4 Å². The van der Waals surface area contributed by atoms with E-state index in [9.17, 15) is 13.2 Å². The van der Waals surface area contributed by atoms with Gasteiger partial charge in [0.25, 0.3) is 0 Å². The predicted octanol–water partition coefficient (Wildman–Crippen LogP) is 4.78. The molecule has 11 heteroatoms. The lowest BCUT2D eigenvalue weighted by molar-refractivity contribution is 0.0957. The molecule has 3 aromatic carbocycles. The fourth-order valence-corrected chi connectivity index (χ4v) is 5.34. The average molecular weight is 545 g/mol. The van der Waals surface area contributed by atoms with Gasteiger partial charge in [-0.15, -0.1) is 0 Å². The molecule has 198 valence electrons. The summed E-state index contributed by atoms with van der Waals surface area (Å²) in [6, 6.07) is 20.2. The smallest absolute Gasteiger partial charge is 0.205 e. The number of anilines is 2. The second-order valence-electron chi connectivity index (χ2n) is 8.62. The lowest BCUT2D eigenvalue weighted by atomic mass is 10.1. The number of ketones is 1. The van der Waals surface area contributed by atoms with Crippen molar-refractivity contribution < 1.29 is 27.2 Å². The molecule has 0 spiro atoms. The first-order valence-corrected chi connectivity index (χ1v) is 13.5. The number of ether oxygens (including phenoxy) is 2. The zero-order valence-electron chi connectivity index (χ0n) is 21.1. The molecule has 5 aromatic rings. The molecule has 10 nitrogen and oxygen atoms in total. The highest BCUT2D eigenvalue weighted by atomic mass is 32.2. The van der Waals surface area contributed by atoms with E-state index >= 15 is 0 Å². The Morgan fingerprint density at radius 1 is 0.897 bits per heavy atom. The number of hydrogen-bond acceptors (Lipinski definition) is 10. The summed E-state index contributed by atoms with van der Waals surface area (Å²) in [5, 5.41) is 6.73. The van der Waals surface area contributed by atoms with E-state index in [2.05, 4.69) is 20.4 Å². The topological polar surface area (TPSA) is 134 Å². The molecule has 39 heavy (non-hydrogen) atoms. The molecule has 2 aromatic heterocycles. The molecule has 0 saturated heterocycles. The van der Waals surface area contributed by atoms with Crippen LogP contribution in [-0.2, 0) is 22.0 Å². The van der Waals surface area contributed by atoms with Crippen LogP contribution in [0.15, 0.2) is 88.4 Å². The van der Waals surface area contributed by atoms with Crippen molar-refractivity contribution in [2.75, 3.05) is 19.5 Å². The molecule has 0 bridgehead atoms. The number of nitrogens with zero attached hydrogens (tertiary/aromatic N) is 3. The normalized spacial score (nSPS) is 11.3. The van der Waals surface area contributed by atoms with Crippen molar-refractivity contribution in [3.8, 4) is 11.5 Å². The van der Waals surface area contributed by atoms with Crippen LogP contribution in [0.4, 0.5) is 11.5 Å². The van der Waals surface area contributed by atoms with Crippen LogP contribution in [0, 0.1) is 0 Å². The van der Waals surface area contributed by atoms with Gasteiger partial charge in [-0.1, -0.05) is 29.4 Å². The van der Waals surface area contributed by atoms with Gasteiger partial charge in [0.15, 0.2) is 15.7 Å². The number of nitrogens with one attached hydrogen (secondary N) is 1. The maximum Gasteiger partial charge on any atom is 0.205 e. The number of Topliss-reactive ketones (excluding diaryl/α,β-unsaturated/α-hetero) is 1. The first-order chi connectivity index (χ1) is 18.8. The van der Waals surface area contributed by atoms with Crippen molar-refractivity contribution in [2.24, 2.45) is 0 Å². The number of hydrogen-bond donors (Lipinski definition) is 1. The summed E-state index contributed by atoms with van der Waals surface area (Å²) in [6.45, 7) is 0. The number of sulfone groups is 1. The minimum atomic E-state index is -3.87. The SMILES string of the molecule is COc1cc(Nc2nc3ccccc3nc2CS(=O)(=O)c2cccc(CC(=O)c3ccno3)c2)cc(OC)c1. The van der Waals surface area contributed by atoms with Gasteiger partial charge in [-0.25, -0.2) is 18.4 Å². The van der Waals surface area contributed by atoms with Crippen LogP contribution in [0.5, 0.6) is 11.5 Å². The lowest BCUT2D eigenvalue weighted by Gasteiger charge is -2.14. The number of methoxy groups -OCH3 is 2. The summed E-state index contributed by atoms with van der Waals surface area (Å²) in [5.41, 5.74) is 2.51. The minimum absolute atomic E-state index is 0.0290. The fourth-order valence-electron chi connectivity index (χ4n) is 4.00. The summed E-state index contributed by atoms with van der Waals surface area (Å²) < 4.78 is 42.7. The number of rotatable bonds is 10. The molecule has 0 atom stereocenters. The number of benzene rings is 3. The molecule has 0 aliphatic rings. The molecule has 2 heterocycles. The molecule has 0 saturated carbocycles. The van der Waals surface area contributed by atoms with E-state index in [1.54, 1.807) is 56.7 Å². The third-order valence-corrected chi connectivity index (χ3v) is 7.54. The standard InChI is InChI=1S/C28H24N4O6S/c1-36-20-14-19(15-21(16-20)37-2)30-28-25(31-23-8-3-4-9-24(23)32-28)17-39(34,35)22-7-5-6-18(12-22)13-26(33)27-10-11-29-38-27/h3-12,14-16H,13,17H2,1-2H3,(H,30,32). The fraction of sp³-hybridized carbons (Fsp3) is 0.143. The van der Waals surface area contributed by atoms with E-state index in [1.165, 1.54) is 24.4 Å². The number of carbonyl (C=O) groups is 1. The minimum Gasteiger partial charge on any atom is -0.497 e. The van der Waals surface area contributed by atoms with Crippen LogP contribution in [0.3, 0.4) is 0 Å². The van der Waals surface area contributed by atoms with Crippen LogP contribution in [0.2, 0.25) is 0 Å². The van der Waals surface area contributed by atoms with E-state index in [4.69, 9.17) is 14.0 Å². The summed E-state index contributed by atoms with van der Waals surface area (Å²) in [4.78, 5) is 21.8. The van der Waals surface area contributed by atoms with Gasteiger partial charge in [-0.3, -0.25) is 4.79 Å². The van der Waals surface area contributed by atoms with Crippen molar-refractivity contribution in [3.63, 3.8) is 0 Å².